The quantitative estimate of drug-likeness (QED) is 0.171. The number of likely N-dealkylation sites (tertiary alicyclic amines) is 2. The Morgan fingerprint density at radius 3 is 2.34 bits per heavy atom. The highest BCUT2D eigenvalue weighted by molar-refractivity contribution is 6.30. The number of carbonyl (C=O) groups excluding carboxylic acids is 3. The Kier molecular flexibility index (Phi) is 11.1. The van der Waals surface area contributed by atoms with Gasteiger partial charge >= 0.3 is 12.3 Å². The molecular formula is C38H35ClF5N3O6. The fraction of sp³-hybridized carbons (Fsp3) is 0.368. The summed E-state index contributed by atoms with van der Waals surface area (Å²) in [6.45, 7) is 2.07. The Hall–Kier alpha value is -4.98. The van der Waals surface area contributed by atoms with Crippen LogP contribution in [0.1, 0.15) is 65.3 Å². The second kappa shape index (κ2) is 15.6. The molecule has 2 saturated heterocycles. The number of piperidine rings is 2. The molecule has 0 saturated carbocycles. The zero-order valence-corrected chi connectivity index (χ0v) is 29.0. The Balaban J connectivity index is 1.17. The summed E-state index contributed by atoms with van der Waals surface area (Å²) in [6.07, 6.45) is -7.71. The van der Waals surface area contributed by atoms with E-state index in [2.05, 4.69) is 16.1 Å². The molecule has 2 aliphatic rings. The number of alkyl halides is 5. The fourth-order valence-corrected chi connectivity index (χ4v) is 6.87. The van der Waals surface area contributed by atoms with E-state index in [1.165, 1.54) is 0 Å². The van der Waals surface area contributed by atoms with Crippen LogP contribution in [0, 0.1) is 0 Å². The van der Waals surface area contributed by atoms with E-state index in [0.29, 0.717) is 55.5 Å². The zero-order valence-electron chi connectivity index (χ0n) is 28.3. The average Bonchev–Trinajstić information content (AvgIpc) is 3.13. The van der Waals surface area contributed by atoms with Gasteiger partial charge in [0.1, 0.15) is 17.4 Å². The molecule has 4 aromatic rings. The number of benzene rings is 3. The van der Waals surface area contributed by atoms with Crippen LogP contribution < -0.4 is 15.5 Å². The highest BCUT2D eigenvalue weighted by atomic mass is 35.5. The van der Waals surface area contributed by atoms with E-state index in [4.69, 9.17) is 16.0 Å². The molecule has 2 fully saturated rings. The summed E-state index contributed by atoms with van der Waals surface area (Å²) >= 11 is 6.06. The third-order valence-corrected chi connectivity index (χ3v) is 9.79. The van der Waals surface area contributed by atoms with E-state index in [9.17, 15) is 41.1 Å². The van der Waals surface area contributed by atoms with Crippen LogP contribution in [0.4, 0.5) is 22.0 Å². The standard InChI is InChI=1S/C38H35ClF5N3O6/c39-26-10-8-23(9-11-26)19-30(45-35(50)33-21-31(48)29-20-27(12-13-32(29)52-33)53-38(43,44)37(40,41)42)36(51)46-17-14-24(15-18-46)28-6-2-1-5-25(28)22-47-16-4-3-7-34(47)49/h1-2,5-6,8-13,20-21,24,30H,3-4,7,14-19,22H2,(H,45,50)/t30-/m0/s1. The largest absolute Gasteiger partial charge is 0.499 e. The van der Waals surface area contributed by atoms with Crippen LogP contribution in [0.2, 0.25) is 5.02 Å². The minimum absolute atomic E-state index is 0.0697. The van der Waals surface area contributed by atoms with Crippen molar-refractivity contribution in [3.8, 4) is 5.75 Å². The molecule has 53 heavy (non-hydrogen) atoms. The number of halogens is 6. The maximum absolute atomic E-state index is 14.0. The number of fused-ring (bicyclic) bond motifs is 1. The van der Waals surface area contributed by atoms with Gasteiger partial charge in [0.2, 0.25) is 11.8 Å². The van der Waals surface area contributed by atoms with Crippen LogP contribution in [0.3, 0.4) is 0 Å². The molecule has 1 aromatic heterocycles. The maximum atomic E-state index is 14.0. The minimum Gasteiger partial charge on any atom is -0.451 e. The lowest BCUT2D eigenvalue weighted by molar-refractivity contribution is -0.360. The Bertz CT molecular complexity index is 2050. The molecular weight excluding hydrogens is 725 g/mol. The van der Waals surface area contributed by atoms with Crippen molar-refractivity contribution in [1.29, 1.82) is 0 Å². The van der Waals surface area contributed by atoms with Crippen LogP contribution in [0.15, 0.2) is 82.0 Å². The molecule has 0 unspecified atom stereocenters. The smallest absolute Gasteiger partial charge is 0.451 e. The van der Waals surface area contributed by atoms with Gasteiger partial charge in [-0.05, 0) is 78.6 Å². The topological polar surface area (TPSA) is 109 Å². The van der Waals surface area contributed by atoms with Crippen LogP contribution in [-0.2, 0) is 22.6 Å². The monoisotopic (exact) mass is 759 g/mol. The van der Waals surface area contributed by atoms with Gasteiger partial charge in [0.15, 0.2) is 11.2 Å². The summed E-state index contributed by atoms with van der Waals surface area (Å²) in [5.74, 6) is -2.43. The molecule has 3 heterocycles. The van der Waals surface area contributed by atoms with Crippen molar-refractivity contribution in [3.05, 3.63) is 110 Å². The van der Waals surface area contributed by atoms with Crippen molar-refractivity contribution in [2.75, 3.05) is 19.6 Å². The normalized spacial score (nSPS) is 16.5. The van der Waals surface area contributed by atoms with Crippen LogP contribution in [-0.4, -0.2) is 65.5 Å². The second-order valence-corrected chi connectivity index (χ2v) is 13.6. The number of ether oxygens (including phenoxy) is 1. The number of hydrogen-bond acceptors (Lipinski definition) is 6. The van der Waals surface area contributed by atoms with E-state index < -0.39 is 46.6 Å². The van der Waals surface area contributed by atoms with Crippen molar-refractivity contribution < 1.29 is 45.5 Å². The highest BCUT2D eigenvalue weighted by Gasteiger charge is 2.61. The first-order valence-electron chi connectivity index (χ1n) is 17.1. The molecule has 0 radical (unpaired) electrons. The van der Waals surface area contributed by atoms with Crippen LogP contribution >= 0.6 is 11.6 Å². The number of amides is 3. The van der Waals surface area contributed by atoms with E-state index in [1.54, 1.807) is 29.2 Å². The van der Waals surface area contributed by atoms with Crippen molar-refractivity contribution in [3.63, 3.8) is 0 Å². The lowest BCUT2D eigenvalue weighted by Gasteiger charge is -2.36. The molecule has 0 spiro atoms. The summed E-state index contributed by atoms with van der Waals surface area (Å²) in [6, 6.07) is 16.7. The molecule has 9 nitrogen and oxygen atoms in total. The van der Waals surface area contributed by atoms with Gasteiger partial charge < -0.3 is 24.3 Å². The molecule has 6 rings (SSSR count). The average molecular weight is 760 g/mol. The molecule has 15 heteroatoms. The summed E-state index contributed by atoms with van der Waals surface area (Å²) in [5.41, 5.74) is 1.72. The van der Waals surface area contributed by atoms with Gasteiger partial charge in [0, 0.05) is 50.1 Å². The number of nitrogens with one attached hydrogen (secondary N) is 1. The van der Waals surface area contributed by atoms with Gasteiger partial charge in [-0.25, -0.2) is 0 Å². The van der Waals surface area contributed by atoms with Gasteiger partial charge in [-0.1, -0.05) is 48.0 Å². The number of hydrogen-bond donors (Lipinski definition) is 1. The van der Waals surface area contributed by atoms with Gasteiger partial charge in [-0.3, -0.25) is 19.2 Å². The highest BCUT2D eigenvalue weighted by Crippen LogP contribution is 2.38. The lowest BCUT2D eigenvalue weighted by atomic mass is 9.86. The lowest BCUT2D eigenvalue weighted by Crippen LogP contribution is -2.51. The minimum atomic E-state index is -5.99. The summed E-state index contributed by atoms with van der Waals surface area (Å²) < 4.78 is 74.1. The summed E-state index contributed by atoms with van der Waals surface area (Å²) in [5, 5.41) is 2.73. The van der Waals surface area contributed by atoms with E-state index in [1.807, 2.05) is 23.1 Å². The van der Waals surface area contributed by atoms with Crippen LogP contribution in [0.5, 0.6) is 5.75 Å². The van der Waals surface area contributed by atoms with Crippen molar-refractivity contribution in [2.24, 2.45) is 0 Å². The molecule has 3 amide bonds. The second-order valence-electron chi connectivity index (χ2n) is 13.2. The summed E-state index contributed by atoms with van der Waals surface area (Å²) in [7, 11) is 0. The van der Waals surface area contributed by atoms with Crippen molar-refractivity contribution in [2.45, 2.75) is 69.3 Å². The Labute approximate surface area is 305 Å². The third kappa shape index (κ3) is 8.81. The van der Waals surface area contributed by atoms with Gasteiger partial charge in [-0.2, -0.15) is 22.0 Å². The number of nitrogens with zero attached hydrogens (tertiary/aromatic N) is 2. The molecule has 1 atom stereocenters. The molecule has 1 N–H and O–H groups in total. The first kappa shape index (κ1) is 37.8. The first-order chi connectivity index (χ1) is 25.2. The maximum Gasteiger partial charge on any atom is 0.499 e. The van der Waals surface area contributed by atoms with Gasteiger partial charge in [0.25, 0.3) is 5.91 Å². The fourth-order valence-electron chi connectivity index (χ4n) is 6.74. The molecule has 0 bridgehead atoms. The number of carbonyl (C=O) groups is 3. The summed E-state index contributed by atoms with van der Waals surface area (Å²) in [4.78, 5) is 56.5. The Morgan fingerprint density at radius 1 is 0.925 bits per heavy atom. The van der Waals surface area contributed by atoms with Crippen molar-refractivity contribution >= 4 is 40.3 Å². The van der Waals surface area contributed by atoms with E-state index >= 15 is 0 Å². The molecule has 0 aliphatic carbocycles. The van der Waals surface area contributed by atoms with Crippen molar-refractivity contribution in [1.82, 2.24) is 15.1 Å². The predicted molar refractivity (Wildman–Crippen MR) is 185 cm³/mol. The third-order valence-electron chi connectivity index (χ3n) is 9.54. The number of rotatable bonds is 10. The molecule has 3 aromatic carbocycles. The van der Waals surface area contributed by atoms with Gasteiger partial charge in [-0.15, -0.1) is 0 Å². The van der Waals surface area contributed by atoms with E-state index in [0.717, 1.165) is 48.7 Å². The van der Waals surface area contributed by atoms with Crippen LogP contribution in [0.25, 0.3) is 11.0 Å². The van der Waals surface area contributed by atoms with Gasteiger partial charge in [0.05, 0.1) is 5.39 Å². The molecule has 2 aliphatic heterocycles. The Morgan fingerprint density at radius 2 is 1.64 bits per heavy atom. The molecule has 280 valence electrons. The predicted octanol–water partition coefficient (Wildman–Crippen LogP) is 7.24. The SMILES string of the molecule is O=C(N[C@@H](Cc1ccc(Cl)cc1)C(=O)N1CCC(c2ccccc2CN2CCCCC2=O)CC1)c1cc(=O)c2cc(OC(F)(F)C(F)(F)F)ccc2o1. The van der Waals surface area contributed by atoms with E-state index in [-0.39, 0.29) is 29.7 Å². The first-order valence-corrected chi connectivity index (χ1v) is 17.5. The zero-order chi connectivity index (χ0) is 37.9.